The molecule has 1 rings (SSSR count). The van der Waals surface area contributed by atoms with Crippen LogP contribution >= 0.6 is 0 Å². The van der Waals surface area contributed by atoms with Crippen molar-refractivity contribution in [2.45, 2.75) is 59.6 Å². The highest BCUT2D eigenvalue weighted by Crippen LogP contribution is 2.25. The van der Waals surface area contributed by atoms with Crippen molar-refractivity contribution in [3.8, 4) is 0 Å². The van der Waals surface area contributed by atoms with Gasteiger partial charge < -0.3 is 10.1 Å². The number of hydrogen-bond acceptors (Lipinski definition) is 2. The average molecular weight is 263 g/mol. The van der Waals surface area contributed by atoms with Gasteiger partial charge in [-0.05, 0) is 51.3 Å². The lowest BCUT2D eigenvalue weighted by atomic mass is 9.93. The molecule has 1 N–H and O–H groups in total. The molecule has 0 bridgehead atoms. The van der Waals surface area contributed by atoms with Gasteiger partial charge in [0.1, 0.15) is 0 Å². The smallest absolute Gasteiger partial charge is 0.0767 e. The Kier molecular flexibility index (Phi) is 7.11. The summed E-state index contributed by atoms with van der Waals surface area (Å²) in [5.41, 5.74) is 4.04. The van der Waals surface area contributed by atoms with Crippen LogP contribution in [0.25, 0.3) is 0 Å². The van der Waals surface area contributed by atoms with E-state index in [1.165, 1.54) is 16.7 Å². The van der Waals surface area contributed by atoms with E-state index in [1.807, 2.05) is 0 Å². The first kappa shape index (κ1) is 16.2. The molecule has 0 radical (unpaired) electrons. The Labute approximate surface area is 118 Å². The van der Waals surface area contributed by atoms with Crippen molar-refractivity contribution in [1.29, 1.82) is 0 Å². The Morgan fingerprint density at radius 2 is 1.89 bits per heavy atom. The third-order valence-electron chi connectivity index (χ3n) is 3.54. The first-order chi connectivity index (χ1) is 9.13. The highest BCUT2D eigenvalue weighted by atomic mass is 16.5. The molecule has 2 nitrogen and oxygen atoms in total. The number of hydrogen-bond donors (Lipinski definition) is 1. The van der Waals surface area contributed by atoms with E-state index in [0.717, 1.165) is 26.0 Å². The average Bonchev–Trinajstić information content (AvgIpc) is 2.41. The maximum atomic E-state index is 5.94. The standard InChI is InChI=1S/C17H29NO/c1-6-11-18-17(16(7-2)19-8-3)15-12-13(4)9-10-14(15)5/h9-10,12,16-18H,6-8,11H2,1-5H3. The summed E-state index contributed by atoms with van der Waals surface area (Å²) in [6.45, 7) is 12.6. The van der Waals surface area contributed by atoms with Crippen LogP contribution in [0.5, 0.6) is 0 Å². The first-order valence-electron chi connectivity index (χ1n) is 7.56. The second kappa shape index (κ2) is 8.34. The Morgan fingerprint density at radius 3 is 2.47 bits per heavy atom. The van der Waals surface area contributed by atoms with Crippen LogP contribution in [-0.4, -0.2) is 19.3 Å². The molecule has 19 heavy (non-hydrogen) atoms. The molecule has 0 aliphatic carbocycles. The van der Waals surface area contributed by atoms with Gasteiger partial charge in [-0.25, -0.2) is 0 Å². The molecule has 1 aromatic rings. The molecule has 0 aliphatic rings. The van der Waals surface area contributed by atoms with Gasteiger partial charge >= 0.3 is 0 Å². The highest BCUT2D eigenvalue weighted by Gasteiger charge is 2.23. The van der Waals surface area contributed by atoms with E-state index >= 15 is 0 Å². The predicted molar refractivity (Wildman–Crippen MR) is 82.7 cm³/mol. The fourth-order valence-electron chi connectivity index (χ4n) is 2.50. The van der Waals surface area contributed by atoms with E-state index in [0.29, 0.717) is 6.04 Å². The summed E-state index contributed by atoms with van der Waals surface area (Å²) in [7, 11) is 0. The van der Waals surface area contributed by atoms with Gasteiger partial charge in [0.15, 0.2) is 0 Å². The fraction of sp³-hybridized carbons (Fsp3) is 0.647. The minimum Gasteiger partial charge on any atom is -0.377 e. The molecule has 0 aliphatic heterocycles. The molecule has 0 saturated carbocycles. The van der Waals surface area contributed by atoms with E-state index in [4.69, 9.17) is 4.74 Å². The molecular weight excluding hydrogens is 234 g/mol. The maximum absolute atomic E-state index is 5.94. The van der Waals surface area contributed by atoms with Gasteiger partial charge in [0, 0.05) is 6.61 Å². The molecule has 0 aromatic heterocycles. The lowest BCUT2D eigenvalue weighted by Gasteiger charge is -2.29. The van der Waals surface area contributed by atoms with Crippen molar-refractivity contribution in [3.05, 3.63) is 34.9 Å². The topological polar surface area (TPSA) is 21.3 Å². The highest BCUT2D eigenvalue weighted by molar-refractivity contribution is 5.33. The zero-order valence-electron chi connectivity index (χ0n) is 13.1. The fourth-order valence-corrected chi connectivity index (χ4v) is 2.50. The summed E-state index contributed by atoms with van der Waals surface area (Å²) >= 11 is 0. The molecule has 1 aromatic carbocycles. The minimum absolute atomic E-state index is 0.247. The summed E-state index contributed by atoms with van der Waals surface area (Å²) in [6.07, 6.45) is 2.42. The van der Waals surface area contributed by atoms with Gasteiger partial charge in [0.05, 0.1) is 12.1 Å². The second-order valence-electron chi connectivity index (χ2n) is 5.19. The summed E-state index contributed by atoms with van der Waals surface area (Å²) in [5, 5.41) is 3.66. The maximum Gasteiger partial charge on any atom is 0.0767 e. The van der Waals surface area contributed by atoms with Gasteiger partial charge in [-0.3, -0.25) is 0 Å². The zero-order chi connectivity index (χ0) is 14.3. The van der Waals surface area contributed by atoms with Crippen LogP contribution in [0.1, 0.15) is 56.3 Å². The number of nitrogens with one attached hydrogen (secondary N) is 1. The van der Waals surface area contributed by atoms with E-state index in [9.17, 15) is 0 Å². The normalized spacial score (nSPS) is 14.4. The number of aryl methyl sites for hydroxylation is 2. The van der Waals surface area contributed by atoms with E-state index in [1.54, 1.807) is 0 Å². The molecule has 2 atom stereocenters. The van der Waals surface area contributed by atoms with Crippen molar-refractivity contribution >= 4 is 0 Å². The molecule has 108 valence electrons. The van der Waals surface area contributed by atoms with E-state index in [2.05, 4.69) is 58.1 Å². The SMILES string of the molecule is CCCNC(c1cc(C)ccc1C)C(CC)OCC. The number of benzene rings is 1. The molecule has 2 unspecified atom stereocenters. The molecule has 0 amide bonds. The van der Waals surface area contributed by atoms with Gasteiger partial charge in [-0.1, -0.05) is 37.6 Å². The molecule has 0 heterocycles. The van der Waals surface area contributed by atoms with Crippen molar-refractivity contribution in [2.24, 2.45) is 0 Å². The largest absolute Gasteiger partial charge is 0.377 e. The Morgan fingerprint density at radius 1 is 1.16 bits per heavy atom. The van der Waals surface area contributed by atoms with Crippen LogP contribution in [0.4, 0.5) is 0 Å². The Balaban J connectivity index is 3.03. The van der Waals surface area contributed by atoms with E-state index in [-0.39, 0.29) is 6.10 Å². The summed E-state index contributed by atoms with van der Waals surface area (Å²) in [6, 6.07) is 6.98. The summed E-state index contributed by atoms with van der Waals surface area (Å²) < 4.78 is 5.94. The van der Waals surface area contributed by atoms with Crippen molar-refractivity contribution in [3.63, 3.8) is 0 Å². The molecular formula is C17H29NO. The van der Waals surface area contributed by atoms with Crippen molar-refractivity contribution in [1.82, 2.24) is 5.32 Å². The third-order valence-corrected chi connectivity index (χ3v) is 3.54. The Hall–Kier alpha value is -0.860. The van der Waals surface area contributed by atoms with Crippen LogP contribution in [0, 0.1) is 13.8 Å². The molecule has 0 fully saturated rings. The van der Waals surface area contributed by atoms with Gasteiger partial charge in [0.2, 0.25) is 0 Å². The lowest BCUT2D eigenvalue weighted by Crippen LogP contribution is -2.34. The molecule has 0 saturated heterocycles. The van der Waals surface area contributed by atoms with Crippen LogP contribution in [0.2, 0.25) is 0 Å². The van der Waals surface area contributed by atoms with Crippen LogP contribution < -0.4 is 5.32 Å². The predicted octanol–water partition coefficient (Wildman–Crippen LogP) is 4.16. The number of rotatable bonds is 8. The zero-order valence-corrected chi connectivity index (χ0v) is 13.1. The third kappa shape index (κ3) is 4.63. The molecule has 0 spiro atoms. The van der Waals surface area contributed by atoms with Gasteiger partial charge in [0.25, 0.3) is 0 Å². The van der Waals surface area contributed by atoms with Crippen LogP contribution in [-0.2, 0) is 4.74 Å². The first-order valence-corrected chi connectivity index (χ1v) is 7.56. The summed E-state index contributed by atoms with van der Waals surface area (Å²) in [4.78, 5) is 0. The van der Waals surface area contributed by atoms with Crippen LogP contribution in [0.15, 0.2) is 18.2 Å². The second-order valence-corrected chi connectivity index (χ2v) is 5.19. The number of ether oxygens (including phenoxy) is 1. The van der Waals surface area contributed by atoms with E-state index < -0.39 is 0 Å². The quantitative estimate of drug-likeness (QED) is 0.760. The van der Waals surface area contributed by atoms with Gasteiger partial charge in [-0.2, -0.15) is 0 Å². The van der Waals surface area contributed by atoms with Crippen molar-refractivity contribution in [2.75, 3.05) is 13.2 Å². The minimum atomic E-state index is 0.247. The summed E-state index contributed by atoms with van der Waals surface area (Å²) in [5.74, 6) is 0. The van der Waals surface area contributed by atoms with Crippen LogP contribution in [0.3, 0.4) is 0 Å². The van der Waals surface area contributed by atoms with Gasteiger partial charge in [-0.15, -0.1) is 0 Å². The lowest BCUT2D eigenvalue weighted by molar-refractivity contribution is 0.0312. The molecule has 2 heteroatoms. The monoisotopic (exact) mass is 263 g/mol. The van der Waals surface area contributed by atoms with Crippen molar-refractivity contribution < 1.29 is 4.74 Å². The Bertz CT molecular complexity index is 376.